The molecule has 0 aliphatic rings. The number of urea groups is 1. The molecule has 2 rings (SSSR count). The maximum atomic E-state index is 12.3. The van der Waals surface area contributed by atoms with Crippen molar-refractivity contribution in [2.45, 2.75) is 33.4 Å². The van der Waals surface area contributed by atoms with Gasteiger partial charge in [-0.2, -0.15) is 0 Å². The summed E-state index contributed by atoms with van der Waals surface area (Å²) in [7, 11) is 0. The van der Waals surface area contributed by atoms with Crippen LogP contribution in [0.25, 0.3) is 0 Å². The Morgan fingerprint density at radius 2 is 2.17 bits per heavy atom. The number of hydrogen-bond donors (Lipinski definition) is 2. The van der Waals surface area contributed by atoms with E-state index >= 15 is 0 Å². The molecule has 2 amide bonds. The quantitative estimate of drug-likeness (QED) is 0.649. The monoisotopic (exact) mass is 331 g/mol. The summed E-state index contributed by atoms with van der Waals surface area (Å²) in [5.41, 5.74) is 0.125. The number of aromatic nitrogens is 2. The van der Waals surface area contributed by atoms with Crippen LogP contribution < -0.4 is 10.6 Å². The number of benzene rings is 1. The highest BCUT2D eigenvalue weighted by atomic mass is 16.6. The summed E-state index contributed by atoms with van der Waals surface area (Å²) in [5, 5.41) is 16.4. The lowest BCUT2D eigenvalue weighted by Gasteiger charge is -2.31. The number of nitrogens with one attached hydrogen (secondary N) is 2. The summed E-state index contributed by atoms with van der Waals surface area (Å²) in [6.45, 7) is 6.67. The zero-order chi connectivity index (χ0) is 17.7. The summed E-state index contributed by atoms with van der Waals surface area (Å²) in [6.07, 6.45) is 5.21. The third kappa shape index (κ3) is 4.80. The minimum absolute atomic E-state index is 0.0708. The van der Waals surface area contributed by atoms with E-state index in [9.17, 15) is 14.9 Å². The molecule has 24 heavy (non-hydrogen) atoms. The Balaban J connectivity index is 2.05. The van der Waals surface area contributed by atoms with Crippen LogP contribution in [0.1, 0.15) is 20.8 Å². The highest BCUT2D eigenvalue weighted by Gasteiger charge is 2.26. The van der Waals surface area contributed by atoms with E-state index in [1.165, 1.54) is 18.2 Å². The van der Waals surface area contributed by atoms with Gasteiger partial charge in [0.15, 0.2) is 0 Å². The van der Waals surface area contributed by atoms with E-state index in [0.29, 0.717) is 12.2 Å². The fraction of sp³-hybridized carbons (Fsp3) is 0.375. The summed E-state index contributed by atoms with van der Waals surface area (Å²) >= 11 is 0. The molecule has 0 aliphatic carbocycles. The minimum atomic E-state index is -0.500. The van der Waals surface area contributed by atoms with Crippen LogP contribution in [0.2, 0.25) is 0 Å². The Hall–Kier alpha value is -2.90. The smallest absolute Gasteiger partial charge is 0.319 e. The Morgan fingerprint density at radius 1 is 1.42 bits per heavy atom. The van der Waals surface area contributed by atoms with Crippen molar-refractivity contribution in [3.63, 3.8) is 0 Å². The summed E-state index contributed by atoms with van der Waals surface area (Å²) in [5.74, 6) is 0. The number of anilines is 1. The van der Waals surface area contributed by atoms with Gasteiger partial charge in [-0.1, -0.05) is 26.8 Å². The number of nitrogens with zero attached hydrogens (tertiary/aromatic N) is 3. The van der Waals surface area contributed by atoms with Gasteiger partial charge in [-0.15, -0.1) is 0 Å². The van der Waals surface area contributed by atoms with Crippen molar-refractivity contribution in [2.75, 3.05) is 5.32 Å². The van der Waals surface area contributed by atoms with E-state index in [4.69, 9.17) is 0 Å². The molecule has 0 spiro atoms. The molecule has 1 heterocycles. The molecule has 0 fully saturated rings. The van der Waals surface area contributed by atoms with Crippen LogP contribution in [-0.2, 0) is 6.54 Å². The first-order chi connectivity index (χ1) is 11.3. The molecule has 128 valence electrons. The third-order valence-electron chi connectivity index (χ3n) is 3.62. The fourth-order valence-corrected chi connectivity index (χ4v) is 2.16. The zero-order valence-corrected chi connectivity index (χ0v) is 13.9. The molecule has 1 aromatic carbocycles. The van der Waals surface area contributed by atoms with Crippen molar-refractivity contribution in [3.05, 3.63) is 53.1 Å². The molecule has 0 bridgehead atoms. The normalized spacial score (nSPS) is 12.5. The first kappa shape index (κ1) is 17.5. The molecule has 1 aromatic heterocycles. The van der Waals surface area contributed by atoms with Gasteiger partial charge in [0.2, 0.25) is 0 Å². The number of carbonyl (C=O) groups is 1. The number of nitro benzene ring substituents is 1. The van der Waals surface area contributed by atoms with Crippen molar-refractivity contribution in [1.29, 1.82) is 0 Å². The Bertz CT molecular complexity index is 707. The summed E-state index contributed by atoms with van der Waals surface area (Å²) < 4.78 is 1.89. The van der Waals surface area contributed by atoms with Crippen molar-refractivity contribution in [3.8, 4) is 0 Å². The number of hydrogen-bond acceptors (Lipinski definition) is 4. The van der Waals surface area contributed by atoms with Crippen LogP contribution in [0, 0.1) is 15.5 Å². The molecule has 0 saturated heterocycles. The fourth-order valence-electron chi connectivity index (χ4n) is 2.16. The molecule has 1 atom stereocenters. The van der Waals surface area contributed by atoms with Crippen molar-refractivity contribution in [2.24, 2.45) is 5.41 Å². The first-order valence-electron chi connectivity index (χ1n) is 7.53. The Kier molecular flexibility index (Phi) is 5.18. The van der Waals surface area contributed by atoms with E-state index in [-0.39, 0.29) is 17.1 Å². The number of nitro groups is 1. The van der Waals surface area contributed by atoms with Crippen molar-refractivity contribution >= 4 is 17.4 Å². The molecule has 2 N–H and O–H groups in total. The maximum Gasteiger partial charge on any atom is 0.319 e. The molecule has 0 unspecified atom stereocenters. The highest BCUT2D eigenvalue weighted by molar-refractivity contribution is 5.89. The highest BCUT2D eigenvalue weighted by Crippen LogP contribution is 2.21. The second-order valence-electron chi connectivity index (χ2n) is 6.58. The molecule has 2 aromatic rings. The number of carbonyl (C=O) groups excluding carboxylic acids is 1. The van der Waals surface area contributed by atoms with E-state index < -0.39 is 11.0 Å². The Labute approximate surface area is 140 Å². The summed E-state index contributed by atoms with van der Waals surface area (Å²) in [6, 6.07) is 5.28. The van der Waals surface area contributed by atoms with Crippen LogP contribution in [0.5, 0.6) is 0 Å². The lowest BCUT2D eigenvalue weighted by atomic mass is 9.86. The Morgan fingerprint density at radius 3 is 2.75 bits per heavy atom. The van der Waals surface area contributed by atoms with Gasteiger partial charge in [-0.25, -0.2) is 9.78 Å². The molecule has 8 nitrogen and oxygen atoms in total. The van der Waals surface area contributed by atoms with Crippen molar-refractivity contribution < 1.29 is 9.72 Å². The van der Waals surface area contributed by atoms with Gasteiger partial charge in [-0.3, -0.25) is 10.1 Å². The molecule has 0 radical (unpaired) electrons. The van der Waals surface area contributed by atoms with Gasteiger partial charge in [0, 0.05) is 36.8 Å². The van der Waals surface area contributed by atoms with Gasteiger partial charge in [-0.05, 0) is 11.5 Å². The zero-order valence-electron chi connectivity index (χ0n) is 13.9. The second kappa shape index (κ2) is 7.12. The van der Waals surface area contributed by atoms with E-state index in [0.717, 1.165) is 0 Å². The van der Waals surface area contributed by atoms with Crippen LogP contribution in [0.3, 0.4) is 0 Å². The van der Waals surface area contributed by atoms with E-state index in [1.807, 2.05) is 31.5 Å². The number of rotatable bonds is 5. The predicted octanol–water partition coefficient (Wildman–Crippen LogP) is 3.03. The molecule has 0 aliphatic heterocycles. The SMILES string of the molecule is CC(C)(C)[C@H](Cn1ccnc1)NC(=O)Nc1cccc([N+](=O)[O-])c1. The van der Waals surface area contributed by atoms with E-state index in [1.54, 1.807) is 18.6 Å². The topological polar surface area (TPSA) is 102 Å². The second-order valence-corrected chi connectivity index (χ2v) is 6.58. The van der Waals surface area contributed by atoms with Gasteiger partial charge < -0.3 is 15.2 Å². The predicted molar refractivity (Wildman–Crippen MR) is 90.7 cm³/mol. The average molecular weight is 331 g/mol. The van der Waals surface area contributed by atoms with E-state index in [2.05, 4.69) is 15.6 Å². The van der Waals surface area contributed by atoms with Gasteiger partial charge in [0.05, 0.1) is 17.3 Å². The first-order valence-corrected chi connectivity index (χ1v) is 7.53. The minimum Gasteiger partial charge on any atom is -0.335 e. The largest absolute Gasteiger partial charge is 0.335 e. The third-order valence-corrected chi connectivity index (χ3v) is 3.62. The lowest BCUT2D eigenvalue weighted by Crippen LogP contribution is -2.47. The lowest BCUT2D eigenvalue weighted by molar-refractivity contribution is -0.384. The summed E-state index contributed by atoms with van der Waals surface area (Å²) in [4.78, 5) is 26.6. The molecular weight excluding hydrogens is 310 g/mol. The van der Waals surface area contributed by atoms with Crippen molar-refractivity contribution in [1.82, 2.24) is 14.9 Å². The average Bonchev–Trinajstić information content (AvgIpc) is 2.99. The van der Waals surface area contributed by atoms with Crippen LogP contribution >= 0.6 is 0 Å². The van der Waals surface area contributed by atoms with Gasteiger partial charge in [0.25, 0.3) is 5.69 Å². The maximum absolute atomic E-state index is 12.3. The van der Waals surface area contributed by atoms with Gasteiger partial charge >= 0.3 is 6.03 Å². The van der Waals surface area contributed by atoms with Crippen LogP contribution in [-0.4, -0.2) is 26.5 Å². The number of imidazole rings is 1. The van der Waals surface area contributed by atoms with Crippen LogP contribution in [0.4, 0.5) is 16.2 Å². The number of amides is 2. The molecule has 0 saturated carbocycles. The molecule has 8 heteroatoms. The standard InChI is InChI=1S/C16H21N5O3/c1-16(2,3)14(10-20-8-7-17-11-20)19-15(22)18-12-5-4-6-13(9-12)21(23)24/h4-9,11,14H,10H2,1-3H3,(H2,18,19,22)/t14-/m0/s1. The number of non-ortho nitro benzene ring substituents is 1. The van der Waals surface area contributed by atoms with Gasteiger partial charge in [0.1, 0.15) is 0 Å². The molecular formula is C16H21N5O3. The van der Waals surface area contributed by atoms with Crippen LogP contribution in [0.15, 0.2) is 43.0 Å².